The molecule has 0 unspecified atom stereocenters. The SMILES string of the molecule is NC1(C(=O)NCC2(CC(=O)O)CCCCC2)CC1. The van der Waals surface area contributed by atoms with Gasteiger partial charge in [-0.2, -0.15) is 0 Å². The van der Waals surface area contributed by atoms with Crippen molar-refractivity contribution in [3.8, 4) is 0 Å². The van der Waals surface area contributed by atoms with Gasteiger partial charge >= 0.3 is 5.97 Å². The first-order valence-electron chi connectivity index (χ1n) is 6.75. The summed E-state index contributed by atoms with van der Waals surface area (Å²) in [5, 5.41) is 11.9. The van der Waals surface area contributed by atoms with Crippen molar-refractivity contribution in [1.82, 2.24) is 5.32 Å². The molecule has 0 spiro atoms. The summed E-state index contributed by atoms with van der Waals surface area (Å²) in [4.78, 5) is 22.8. The van der Waals surface area contributed by atoms with Gasteiger partial charge in [0.1, 0.15) is 0 Å². The lowest BCUT2D eigenvalue weighted by Crippen LogP contribution is -2.48. The molecule has 0 aromatic heterocycles. The number of carboxylic acid groups (broad SMARTS) is 1. The number of carbonyl (C=O) groups excluding carboxylic acids is 1. The number of hydrogen-bond acceptors (Lipinski definition) is 3. The van der Waals surface area contributed by atoms with Crippen molar-refractivity contribution in [2.75, 3.05) is 6.54 Å². The van der Waals surface area contributed by atoms with Crippen LogP contribution < -0.4 is 11.1 Å². The summed E-state index contributed by atoms with van der Waals surface area (Å²) >= 11 is 0. The number of hydrogen-bond donors (Lipinski definition) is 3. The van der Waals surface area contributed by atoms with Crippen molar-refractivity contribution in [3.05, 3.63) is 0 Å². The van der Waals surface area contributed by atoms with Gasteiger partial charge in [0, 0.05) is 6.54 Å². The largest absolute Gasteiger partial charge is 0.481 e. The minimum atomic E-state index is -0.778. The van der Waals surface area contributed by atoms with E-state index in [9.17, 15) is 9.59 Å². The van der Waals surface area contributed by atoms with E-state index in [0.29, 0.717) is 6.54 Å². The summed E-state index contributed by atoms with van der Waals surface area (Å²) in [5.74, 6) is -0.891. The molecule has 5 heteroatoms. The van der Waals surface area contributed by atoms with Crippen molar-refractivity contribution in [3.63, 3.8) is 0 Å². The number of aliphatic carboxylic acids is 1. The van der Waals surface area contributed by atoms with E-state index in [-0.39, 0.29) is 17.7 Å². The van der Waals surface area contributed by atoms with Crippen LogP contribution >= 0.6 is 0 Å². The summed E-state index contributed by atoms with van der Waals surface area (Å²) in [7, 11) is 0. The Hall–Kier alpha value is -1.10. The summed E-state index contributed by atoms with van der Waals surface area (Å²) in [5.41, 5.74) is 4.90. The molecule has 2 rings (SSSR count). The Balaban J connectivity index is 1.92. The molecule has 2 saturated carbocycles. The van der Waals surface area contributed by atoms with Gasteiger partial charge in [-0.05, 0) is 31.1 Å². The average Bonchev–Trinajstić information content (AvgIpc) is 3.06. The summed E-state index contributed by atoms with van der Waals surface area (Å²) in [6.45, 7) is 0.455. The number of carboxylic acids is 1. The predicted octanol–water partition coefficient (Wildman–Crippen LogP) is 1.02. The van der Waals surface area contributed by atoms with Gasteiger partial charge in [0.25, 0.3) is 0 Å². The van der Waals surface area contributed by atoms with Crippen molar-refractivity contribution < 1.29 is 14.7 Å². The number of amides is 1. The molecule has 0 aromatic rings. The lowest BCUT2D eigenvalue weighted by atomic mass is 9.71. The second kappa shape index (κ2) is 4.88. The molecule has 5 nitrogen and oxygen atoms in total. The maximum Gasteiger partial charge on any atom is 0.303 e. The van der Waals surface area contributed by atoms with Crippen molar-refractivity contribution in [2.24, 2.45) is 11.1 Å². The predicted molar refractivity (Wildman–Crippen MR) is 66.9 cm³/mol. The number of carbonyl (C=O) groups is 2. The first-order chi connectivity index (χ1) is 8.46. The Kier molecular flexibility index (Phi) is 3.61. The van der Waals surface area contributed by atoms with Crippen LogP contribution in [-0.2, 0) is 9.59 Å². The van der Waals surface area contributed by atoms with E-state index in [1.165, 1.54) is 0 Å². The van der Waals surface area contributed by atoms with Crippen LogP contribution in [0.3, 0.4) is 0 Å². The summed E-state index contributed by atoms with van der Waals surface area (Å²) in [6.07, 6.45) is 6.67. The van der Waals surface area contributed by atoms with E-state index in [4.69, 9.17) is 10.8 Å². The van der Waals surface area contributed by atoms with E-state index in [0.717, 1.165) is 44.9 Å². The number of nitrogens with two attached hydrogens (primary N) is 1. The lowest BCUT2D eigenvalue weighted by molar-refractivity contribution is -0.140. The highest BCUT2D eigenvalue weighted by atomic mass is 16.4. The first-order valence-corrected chi connectivity index (χ1v) is 6.75. The van der Waals surface area contributed by atoms with E-state index >= 15 is 0 Å². The number of nitrogens with one attached hydrogen (secondary N) is 1. The van der Waals surface area contributed by atoms with Gasteiger partial charge in [-0.15, -0.1) is 0 Å². The fraction of sp³-hybridized carbons (Fsp3) is 0.846. The third-order valence-corrected chi connectivity index (χ3v) is 4.31. The highest BCUT2D eigenvalue weighted by Gasteiger charge is 2.46. The molecule has 0 heterocycles. The molecule has 0 saturated heterocycles. The average molecular weight is 254 g/mol. The van der Waals surface area contributed by atoms with Gasteiger partial charge in [-0.1, -0.05) is 19.3 Å². The second-order valence-electron chi connectivity index (χ2n) is 5.97. The molecule has 0 atom stereocenters. The first kappa shape index (κ1) is 13.3. The van der Waals surface area contributed by atoms with Crippen LogP contribution in [0.15, 0.2) is 0 Å². The van der Waals surface area contributed by atoms with Gasteiger partial charge in [-0.3, -0.25) is 9.59 Å². The third kappa shape index (κ3) is 3.02. The molecular formula is C13H22N2O3. The minimum Gasteiger partial charge on any atom is -0.481 e. The second-order valence-corrected chi connectivity index (χ2v) is 5.97. The molecular weight excluding hydrogens is 232 g/mol. The zero-order valence-corrected chi connectivity index (χ0v) is 10.7. The molecule has 18 heavy (non-hydrogen) atoms. The van der Waals surface area contributed by atoms with Gasteiger partial charge in [0.15, 0.2) is 0 Å². The Morgan fingerprint density at radius 1 is 1.11 bits per heavy atom. The van der Waals surface area contributed by atoms with Crippen LogP contribution in [0.1, 0.15) is 51.4 Å². The summed E-state index contributed by atoms with van der Waals surface area (Å²) < 4.78 is 0. The molecule has 0 bridgehead atoms. The Labute approximate surface area is 107 Å². The van der Waals surface area contributed by atoms with E-state index < -0.39 is 11.5 Å². The molecule has 0 aromatic carbocycles. The van der Waals surface area contributed by atoms with Crippen LogP contribution in [0.25, 0.3) is 0 Å². The minimum absolute atomic E-state index is 0.113. The van der Waals surface area contributed by atoms with Crippen LogP contribution in [0.2, 0.25) is 0 Å². The van der Waals surface area contributed by atoms with Crippen LogP contribution in [0, 0.1) is 5.41 Å². The Morgan fingerprint density at radius 3 is 2.22 bits per heavy atom. The lowest BCUT2D eigenvalue weighted by Gasteiger charge is -2.36. The quantitative estimate of drug-likeness (QED) is 0.683. The molecule has 2 aliphatic rings. The van der Waals surface area contributed by atoms with Crippen LogP contribution in [-0.4, -0.2) is 29.1 Å². The van der Waals surface area contributed by atoms with Crippen molar-refractivity contribution in [2.45, 2.75) is 56.9 Å². The van der Waals surface area contributed by atoms with E-state index in [2.05, 4.69) is 5.32 Å². The van der Waals surface area contributed by atoms with Crippen molar-refractivity contribution in [1.29, 1.82) is 0 Å². The summed E-state index contributed by atoms with van der Waals surface area (Å²) in [6, 6.07) is 0. The van der Waals surface area contributed by atoms with E-state index in [1.54, 1.807) is 0 Å². The fourth-order valence-corrected chi connectivity index (χ4v) is 2.84. The zero-order valence-electron chi connectivity index (χ0n) is 10.7. The Morgan fingerprint density at radius 2 is 1.72 bits per heavy atom. The van der Waals surface area contributed by atoms with Crippen molar-refractivity contribution >= 4 is 11.9 Å². The maximum absolute atomic E-state index is 11.8. The molecule has 2 fully saturated rings. The van der Waals surface area contributed by atoms with Gasteiger partial charge in [-0.25, -0.2) is 0 Å². The van der Waals surface area contributed by atoms with Gasteiger partial charge in [0.2, 0.25) is 5.91 Å². The zero-order chi connectivity index (χ0) is 13.2. The Bertz CT molecular complexity index is 344. The smallest absolute Gasteiger partial charge is 0.303 e. The standard InChI is InChI=1S/C13H22N2O3/c14-13(6-7-13)11(18)15-9-12(8-10(16)17)4-2-1-3-5-12/h1-9,14H2,(H,15,18)(H,16,17). The van der Waals surface area contributed by atoms with Gasteiger partial charge < -0.3 is 16.2 Å². The normalized spacial score (nSPS) is 24.3. The molecule has 0 radical (unpaired) electrons. The molecule has 1 amide bonds. The molecule has 0 aliphatic heterocycles. The highest BCUT2D eigenvalue weighted by Crippen LogP contribution is 2.39. The topological polar surface area (TPSA) is 92.4 Å². The molecule has 4 N–H and O–H groups in total. The van der Waals surface area contributed by atoms with E-state index in [1.807, 2.05) is 0 Å². The van der Waals surface area contributed by atoms with Crippen LogP contribution in [0.5, 0.6) is 0 Å². The highest BCUT2D eigenvalue weighted by molar-refractivity contribution is 5.89. The third-order valence-electron chi connectivity index (χ3n) is 4.31. The molecule has 2 aliphatic carbocycles. The van der Waals surface area contributed by atoms with Crippen LogP contribution in [0.4, 0.5) is 0 Å². The fourth-order valence-electron chi connectivity index (χ4n) is 2.84. The monoisotopic (exact) mass is 254 g/mol. The van der Waals surface area contributed by atoms with Gasteiger partial charge in [0.05, 0.1) is 12.0 Å². The number of rotatable bonds is 5. The maximum atomic E-state index is 11.8. The molecule has 102 valence electrons.